The highest BCUT2D eigenvalue weighted by molar-refractivity contribution is 5.94. The highest BCUT2D eigenvalue weighted by Crippen LogP contribution is 2.36. The number of carbonyl (C=O) groups excluding carboxylic acids is 1. The van der Waals surface area contributed by atoms with E-state index in [2.05, 4.69) is 18.0 Å². The van der Waals surface area contributed by atoms with E-state index in [0.29, 0.717) is 19.8 Å². The zero-order valence-electron chi connectivity index (χ0n) is 17.1. The minimum absolute atomic E-state index is 0.114. The number of hydrogen-bond donors (Lipinski definition) is 1. The van der Waals surface area contributed by atoms with Crippen LogP contribution in [0.1, 0.15) is 29.7 Å². The van der Waals surface area contributed by atoms with E-state index >= 15 is 0 Å². The van der Waals surface area contributed by atoms with Crippen LogP contribution in [0, 0.1) is 5.82 Å². The Morgan fingerprint density at radius 2 is 1.87 bits per heavy atom. The minimum atomic E-state index is -0.751. The summed E-state index contributed by atoms with van der Waals surface area (Å²) < 4.78 is 25.1. The average Bonchev–Trinajstić information content (AvgIpc) is 2.79. The van der Waals surface area contributed by atoms with E-state index < -0.39 is 6.29 Å². The third kappa shape index (κ3) is 4.17. The van der Waals surface area contributed by atoms with Crippen molar-refractivity contribution in [3.63, 3.8) is 0 Å². The fraction of sp³-hybridized carbons (Fsp3) is 0.375. The van der Waals surface area contributed by atoms with E-state index in [1.165, 1.54) is 17.7 Å². The topological polar surface area (TPSA) is 50.8 Å². The summed E-state index contributed by atoms with van der Waals surface area (Å²) in [6.45, 7) is 8.33. The van der Waals surface area contributed by atoms with Crippen LogP contribution in [0.3, 0.4) is 0 Å². The lowest BCUT2D eigenvalue weighted by Gasteiger charge is -2.39. The molecule has 0 unspecified atom stereocenters. The van der Waals surface area contributed by atoms with Crippen LogP contribution >= 0.6 is 0 Å². The fourth-order valence-electron chi connectivity index (χ4n) is 4.19. The monoisotopic (exact) mass is 410 g/mol. The predicted molar refractivity (Wildman–Crippen MR) is 112 cm³/mol. The van der Waals surface area contributed by atoms with Crippen LogP contribution in [-0.4, -0.2) is 49.4 Å². The van der Waals surface area contributed by atoms with Gasteiger partial charge in [-0.05, 0) is 41.8 Å². The lowest BCUT2D eigenvalue weighted by Crippen LogP contribution is -2.48. The molecular formula is C24H27FN2O3. The maximum absolute atomic E-state index is 13.5. The largest absolute Gasteiger partial charge is 0.346 e. The minimum Gasteiger partial charge on any atom is -0.346 e. The van der Waals surface area contributed by atoms with E-state index in [-0.39, 0.29) is 29.4 Å². The Morgan fingerprint density at radius 1 is 1.17 bits per heavy atom. The molecule has 0 aliphatic carbocycles. The van der Waals surface area contributed by atoms with E-state index in [1.807, 2.05) is 25.1 Å². The van der Waals surface area contributed by atoms with Gasteiger partial charge in [-0.25, -0.2) is 4.39 Å². The van der Waals surface area contributed by atoms with Gasteiger partial charge in [-0.3, -0.25) is 4.79 Å². The van der Waals surface area contributed by atoms with Crippen LogP contribution in [0.4, 0.5) is 4.39 Å². The quantitative estimate of drug-likeness (QED) is 0.769. The Kier molecular flexibility index (Phi) is 6.27. The molecule has 2 aromatic carbocycles. The first-order valence-electron chi connectivity index (χ1n) is 10.4. The van der Waals surface area contributed by atoms with Crippen molar-refractivity contribution in [3.05, 3.63) is 83.2 Å². The summed E-state index contributed by atoms with van der Waals surface area (Å²) in [5.41, 5.74) is 3.40. The van der Waals surface area contributed by atoms with Gasteiger partial charge in [0.2, 0.25) is 0 Å². The molecule has 1 saturated heterocycles. The van der Waals surface area contributed by atoms with Gasteiger partial charge >= 0.3 is 0 Å². The molecule has 0 spiro atoms. The van der Waals surface area contributed by atoms with Gasteiger partial charge in [-0.1, -0.05) is 49.9 Å². The summed E-state index contributed by atoms with van der Waals surface area (Å²) in [5, 5.41) is 3.27. The lowest BCUT2D eigenvalue weighted by molar-refractivity contribution is -0.174. The second kappa shape index (κ2) is 9.08. The van der Waals surface area contributed by atoms with Gasteiger partial charge < -0.3 is 19.7 Å². The van der Waals surface area contributed by atoms with Crippen LogP contribution in [0.2, 0.25) is 0 Å². The maximum atomic E-state index is 13.5. The van der Waals surface area contributed by atoms with Crippen LogP contribution < -0.4 is 5.32 Å². The first kappa shape index (κ1) is 20.7. The van der Waals surface area contributed by atoms with Crippen LogP contribution in [0.25, 0.3) is 0 Å². The molecule has 30 heavy (non-hydrogen) atoms. The van der Waals surface area contributed by atoms with E-state index in [0.717, 1.165) is 24.1 Å². The molecule has 1 atom stereocenters. The number of amides is 1. The zero-order valence-corrected chi connectivity index (χ0v) is 17.1. The van der Waals surface area contributed by atoms with Crippen molar-refractivity contribution in [1.82, 2.24) is 10.2 Å². The molecule has 158 valence electrons. The Bertz CT molecular complexity index is 907. The Labute approximate surface area is 176 Å². The number of carbonyl (C=O) groups is 1. The molecular weight excluding hydrogens is 383 g/mol. The predicted octanol–water partition coefficient (Wildman–Crippen LogP) is 3.21. The van der Waals surface area contributed by atoms with Gasteiger partial charge in [0.15, 0.2) is 6.29 Å². The highest BCUT2D eigenvalue weighted by Gasteiger charge is 2.36. The Balaban J connectivity index is 1.58. The summed E-state index contributed by atoms with van der Waals surface area (Å²) in [5.74, 6) is -0.505. The molecule has 0 aromatic heterocycles. The molecule has 4 rings (SSSR count). The van der Waals surface area contributed by atoms with Crippen LogP contribution in [-0.2, 0) is 20.7 Å². The SMILES string of the molecule is C=C(C(=O)N1CCc2ccccc2[C@@H]1c1ccc(F)cc1)[C@H]1OC[C@@H](NCC)CO1. The van der Waals surface area contributed by atoms with Gasteiger partial charge in [0.1, 0.15) is 5.82 Å². The first-order chi connectivity index (χ1) is 14.6. The third-order valence-electron chi connectivity index (χ3n) is 5.68. The Morgan fingerprint density at radius 3 is 2.57 bits per heavy atom. The summed E-state index contributed by atoms with van der Waals surface area (Å²) >= 11 is 0. The van der Waals surface area contributed by atoms with Crippen molar-refractivity contribution in [1.29, 1.82) is 0 Å². The number of fused-ring (bicyclic) bond motifs is 1. The highest BCUT2D eigenvalue weighted by atomic mass is 19.1. The second-order valence-corrected chi connectivity index (χ2v) is 7.68. The first-order valence-corrected chi connectivity index (χ1v) is 10.4. The van der Waals surface area contributed by atoms with Crippen molar-refractivity contribution < 1.29 is 18.7 Å². The molecule has 1 N–H and O–H groups in total. The molecule has 2 aliphatic heterocycles. The molecule has 1 amide bonds. The molecule has 0 saturated carbocycles. The normalized spacial score (nSPS) is 23.7. The molecule has 0 radical (unpaired) electrons. The number of ether oxygens (including phenoxy) is 2. The van der Waals surface area contributed by atoms with Gasteiger partial charge in [-0.15, -0.1) is 0 Å². The van der Waals surface area contributed by atoms with E-state index in [4.69, 9.17) is 9.47 Å². The third-order valence-corrected chi connectivity index (χ3v) is 5.68. The average molecular weight is 410 g/mol. The van der Waals surface area contributed by atoms with Crippen molar-refractivity contribution >= 4 is 5.91 Å². The molecule has 5 nitrogen and oxygen atoms in total. The smallest absolute Gasteiger partial charge is 0.255 e. The number of nitrogens with one attached hydrogen (secondary N) is 1. The summed E-state index contributed by atoms with van der Waals surface area (Å²) in [6, 6.07) is 14.2. The van der Waals surface area contributed by atoms with Crippen molar-refractivity contribution in [2.75, 3.05) is 26.3 Å². The number of rotatable bonds is 5. The van der Waals surface area contributed by atoms with Gasteiger partial charge in [0.05, 0.1) is 30.9 Å². The Hall–Kier alpha value is -2.54. The number of hydrogen-bond acceptors (Lipinski definition) is 4. The standard InChI is InChI=1S/C24H27FN2O3/c1-3-26-20-14-29-24(30-15-20)16(2)23(28)27-13-12-17-6-4-5-7-21(17)22(27)18-8-10-19(25)11-9-18/h4-11,20,22,24,26H,2-3,12-15H2,1H3/t20-,22-,24+/m0/s1. The van der Waals surface area contributed by atoms with Gasteiger partial charge in [-0.2, -0.15) is 0 Å². The fourth-order valence-corrected chi connectivity index (χ4v) is 4.19. The molecule has 2 heterocycles. The van der Waals surface area contributed by atoms with E-state index in [9.17, 15) is 9.18 Å². The second-order valence-electron chi connectivity index (χ2n) is 7.68. The summed E-state index contributed by atoms with van der Waals surface area (Å²) in [7, 11) is 0. The maximum Gasteiger partial charge on any atom is 0.255 e. The van der Waals surface area contributed by atoms with Crippen molar-refractivity contribution in [3.8, 4) is 0 Å². The van der Waals surface area contributed by atoms with E-state index in [1.54, 1.807) is 17.0 Å². The van der Waals surface area contributed by atoms with Crippen LogP contribution in [0.15, 0.2) is 60.7 Å². The number of benzene rings is 2. The number of nitrogens with zero attached hydrogens (tertiary/aromatic N) is 1. The van der Waals surface area contributed by atoms with Crippen molar-refractivity contribution in [2.24, 2.45) is 0 Å². The lowest BCUT2D eigenvalue weighted by atomic mass is 9.87. The number of halogens is 1. The van der Waals surface area contributed by atoms with Gasteiger partial charge in [0.25, 0.3) is 5.91 Å². The molecule has 6 heteroatoms. The number of likely N-dealkylation sites (N-methyl/N-ethyl adjacent to an activating group) is 1. The molecule has 0 bridgehead atoms. The summed E-state index contributed by atoms with van der Waals surface area (Å²) in [4.78, 5) is 15.2. The molecule has 2 aliphatic rings. The molecule has 2 aromatic rings. The molecule has 1 fully saturated rings. The summed E-state index contributed by atoms with van der Waals surface area (Å²) in [6.07, 6.45) is 0.000309. The zero-order chi connectivity index (χ0) is 21.1. The van der Waals surface area contributed by atoms with Crippen LogP contribution in [0.5, 0.6) is 0 Å². The van der Waals surface area contributed by atoms with Crippen molar-refractivity contribution in [2.45, 2.75) is 31.7 Å². The van der Waals surface area contributed by atoms with Gasteiger partial charge in [0, 0.05) is 6.54 Å².